The van der Waals surface area contributed by atoms with E-state index in [1.807, 2.05) is 62.8 Å². The number of ether oxygens (including phenoxy) is 3. The molecule has 2 saturated heterocycles. The number of hydrogen-bond acceptors (Lipinski definition) is 5. The first-order valence-corrected chi connectivity index (χ1v) is 10.8. The van der Waals surface area contributed by atoms with E-state index in [1.165, 1.54) is 0 Å². The number of benzene rings is 1. The van der Waals surface area contributed by atoms with Crippen LogP contribution >= 0.6 is 0 Å². The minimum absolute atomic E-state index is 0.0975. The number of aromatic nitrogens is 2. The van der Waals surface area contributed by atoms with Crippen LogP contribution < -0.4 is 5.56 Å². The normalized spacial score (nSPS) is 22.7. The van der Waals surface area contributed by atoms with Gasteiger partial charge in [-0.3, -0.25) is 14.3 Å². The lowest BCUT2D eigenvalue weighted by molar-refractivity contribution is -0.151. The zero-order valence-electron chi connectivity index (χ0n) is 18.7. The van der Waals surface area contributed by atoms with Crippen molar-refractivity contribution in [3.8, 4) is 5.69 Å². The summed E-state index contributed by atoms with van der Waals surface area (Å²) < 4.78 is 20.7. The maximum absolute atomic E-state index is 13.3. The molecular formula is C23H31N3O5. The maximum atomic E-state index is 13.3. The van der Waals surface area contributed by atoms with Crippen LogP contribution in [0.2, 0.25) is 0 Å². The van der Waals surface area contributed by atoms with Crippen molar-refractivity contribution >= 4 is 5.91 Å². The van der Waals surface area contributed by atoms with Crippen LogP contribution in [0.25, 0.3) is 5.69 Å². The van der Waals surface area contributed by atoms with Crippen LogP contribution in [0, 0.1) is 6.92 Å². The average molecular weight is 430 g/mol. The van der Waals surface area contributed by atoms with E-state index in [2.05, 4.69) is 0 Å². The molecular weight excluding hydrogens is 398 g/mol. The number of carbonyl (C=O) groups excluding carboxylic acids is 1. The van der Waals surface area contributed by atoms with Crippen molar-refractivity contribution in [2.24, 2.45) is 7.05 Å². The molecule has 8 nitrogen and oxygen atoms in total. The second kappa shape index (κ2) is 8.61. The first-order valence-electron chi connectivity index (χ1n) is 10.8. The number of para-hydroxylation sites is 1. The summed E-state index contributed by atoms with van der Waals surface area (Å²) >= 11 is 0. The number of rotatable bonds is 6. The van der Waals surface area contributed by atoms with Gasteiger partial charge in [-0.05, 0) is 45.7 Å². The SMILES string of the molecule is Cc1c(CN(C[C@@H]2COC(C)(C)O2)C(=O)[C@H]2CCCO2)c(=O)n(-c2ccccc2)n1C. The van der Waals surface area contributed by atoms with Gasteiger partial charge in [-0.1, -0.05) is 18.2 Å². The molecule has 0 unspecified atom stereocenters. The average Bonchev–Trinajstić information content (AvgIpc) is 3.44. The molecule has 0 aliphatic carbocycles. The molecule has 2 aliphatic heterocycles. The van der Waals surface area contributed by atoms with Crippen LogP contribution in [0.15, 0.2) is 35.1 Å². The summed E-state index contributed by atoms with van der Waals surface area (Å²) in [5, 5.41) is 0. The topological polar surface area (TPSA) is 74.9 Å². The third kappa shape index (κ3) is 4.46. The highest BCUT2D eigenvalue weighted by Crippen LogP contribution is 2.25. The highest BCUT2D eigenvalue weighted by atomic mass is 16.7. The van der Waals surface area contributed by atoms with E-state index in [0.29, 0.717) is 31.7 Å². The molecule has 0 radical (unpaired) electrons. The van der Waals surface area contributed by atoms with Gasteiger partial charge in [0.1, 0.15) is 12.2 Å². The molecule has 1 amide bonds. The van der Waals surface area contributed by atoms with Crippen molar-refractivity contribution in [2.45, 2.75) is 58.2 Å². The Hall–Kier alpha value is -2.42. The van der Waals surface area contributed by atoms with Crippen LogP contribution in [0.4, 0.5) is 0 Å². The van der Waals surface area contributed by atoms with Gasteiger partial charge >= 0.3 is 0 Å². The fourth-order valence-electron chi connectivity index (χ4n) is 4.30. The van der Waals surface area contributed by atoms with Gasteiger partial charge in [-0.25, -0.2) is 4.68 Å². The lowest BCUT2D eigenvalue weighted by atomic mass is 10.1. The number of nitrogens with zero attached hydrogens (tertiary/aromatic N) is 3. The Morgan fingerprint density at radius 2 is 2.00 bits per heavy atom. The Balaban J connectivity index is 1.63. The molecule has 0 saturated carbocycles. The maximum Gasteiger partial charge on any atom is 0.276 e. The molecule has 31 heavy (non-hydrogen) atoms. The molecule has 4 rings (SSSR count). The molecule has 168 valence electrons. The lowest BCUT2D eigenvalue weighted by Crippen LogP contribution is -2.44. The lowest BCUT2D eigenvalue weighted by Gasteiger charge is -2.27. The molecule has 2 aromatic rings. The Labute approximate surface area is 182 Å². The molecule has 2 atom stereocenters. The fraction of sp³-hybridized carbons (Fsp3) is 0.565. The molecule has 8 heteroatoms. The second-order valence-corrected chi connectivity index (χ2v) is 8.71. The molecule has 0 N–H and O–H groups in total. The summed E-state index contributed by atoms with van der Waals surface area (Å²) in [7, 11) is 1.86. The van der Waals surface area contributed by atoms with Crippen LogP contribution in [-0.4, -0.2) is 57.9 Å². The summed E-state index contributed by atoms with van der Waals surface area (Å²) in [5.74, 6) is -0.772. The Kier molecular flexibility index (Phi) is 6.05. The van der Waals surface area contributed by atoms with E-state index < -0.39 is 11.9 Å². The van der Waals surface area contributed by atoms with Gasteiger partial charge in [0.2, 0.25) is 0 Å². The first-order chi connectivity index (χ1) is 14.8. The molecule has 1 aromatic carbocycles. The summed E-state index contributed by atoms with van der Waals surface area (Å²) in [6, 6.07) is 9.50. The van der Waals surface area contributed by atoms with Crippen molar-refractivity contribution < 1.29 is 19.0 Å². The monoisotopic (exact) mass is 429 g/mol. The van der Waals surface area contributed by atoms with Crippen molar-refractivity contribution in [1.29, 1.82) is 0 Å². The molecule has 2 aliphatic rings. The standard InChI is InChI=1S/C23H31N3O5/c1-16-19(21(27)26(24(16)4)17-9-6-5-7-10-17)14-25(22(28)20-11-8-12-29-20)13-18-15-30-23(2,3)31-18/h5-7,9-10,18,20H,8,11-15H2,1-4H3/t18-,20-/m1/s1. The van der Waals surface area contributed by atoms with Crippen LogP contribution in [0.3, 0.4) is 0 Å². The quantitative estimate of drug-likeness (QED) is 0.703. The number of hydrogen-bond donors (Lipinski definition) is 0. The van der Waals surface area contributed by atoms with Gasteiger partial charge in [0, 0.05) is 25.9 Å². The third-order valence-corrected chi connectivity index (χ3v) is 6.03. The Morgan fingerprint density at radius 3 is 2.61 bits per heavy atom. The van der Waals surface area contributed by atoms with Gasteiger partial charge in [-0.2, -0.15) is 0 Å². The van der Waals surface area contributed by atoms with E-state index >= 15 is 0 Å². The van der Waals surface area contributed by atoms with E-state index in [4.69, 9.17) is 14.2 Å². The van der Waals surface area contributed by atoms with Gasteiger partial charge in [0.05, 0.1) is 24.4 Å². The van der Waals surface area contributed by atoms with Crippen molar-refractivity contribution in [1.82, 2.24) is 14.3 Å². The van der Waals surface area contributed by atoms with Gasteiger partial charge in [0.25, 0.3) is 11.5 Å². The third-order valence-electron chi connectivity index (χ3n) is 6.03. The number of carbonyl (C=O) groups is 1. The van der Waals surface area contributed by atoms with Gasteiger partial charge in [-0.15, -0.1) is 0 Å². The highest BCUT2D eigenvalue weighted by molar-refractivity contribution is 5.81. The summed E-state index contributed by atoms with van der Waals surface area (Å²) in [5.41, 5.74) is 2.08. The molecule has 3 heterocycles. The fourth-order valence-corrected chi connectivity index (χ4v) is 4.30. The van der Waals surface area contributed by atoms with Crippen molar-refractivity contribution in [2.75, 3.05) is 19.8 Å². The Morgan fingerprint density at radius 1 is 1.26 bits per heavy atom. The van der Waals surface area contributed by atoms with E-state index in [0.717, 1.165) is 17.8 Å². The second-order valence-electron chi connectivity index (χ2n) is 8.71. The zero-order chi connectivity index (χ0) is 22.2. The minimum Gasteiger partial charge on any atom is -0.368 e. The number of amides is 1. The molecule has 1 aromatic heterocycles. The molecule has 2 fully saturated rings. The van der Waals surface area contributed by atoms with E-state index in [-0.39, 0.29) is 24.1 Å². The first kappa shape index (κ1) is 21.8. The minimum atomic E-state index is -0.675. The smallest absolute Gasteiger partial charge is 0.276 e. The van der Waals surface area contributed by atoms with Crippen molar-refractivity contribution in [3.63, 3.8) is 0 Å². The van der Waals surface area contributed by atoms with Crippen molar-refractivity contribution in [3.05, 3.63) is 51.9 Å². The highest BCUT2D eigenvalue weighted by Gasteiger charge is 2.37. The summed E-state index contributed by atoms with van der Waals surface area (Å²) in [4.78, 5) is 28.3. The zero-order valence-corrected chi connectivity index (χ0v) is 18.7. The summed E-state index contributed by atoms with van der Waals surface area (Å²) in [6.07, 6.45) is 0.854. The summed E-state index contributed by atoms with van der Waals surface area (Å²) in [6.45, 7) is 7.18. The molecule has 0 bridgehead atoms. The van der Waals surface area contributed by atoms with Crippen LogP contribution in [-0.2, 0) is 32.6 Å². The van der Waals surface area contributed by atoms with Crippen LogP contribution in [0.5, 0.6) is 0 Å². The largest absolute Gasteiger partial charge is 0.368 e. The van der Waals surface area contributed by atoms with Crippen LogP contribution in [0.1, 0.15) is 37.9 Å². The van der Waals surface area contributed by atoms with Gasteiger partial charge < -0.3 is 19.1 Å². The molecule has 0 spiro atoms. The Bertz CT molecular complexity index is 989. The van der Waals surface area contributed by atoms with Gasteiger partial charge in [0.15, 0.2) is 5.79 Å². The van der Waals surface area contributed by atoms with E-state index in [1.54, 1.807) is 9.58 Å². The predicted octanol–water partition coefficient (Wildman–Crippen LogP) is 2.14. The predicted molar refractivity (Wildman–Crippen MR) is 115 cm³/mol. The van der Waals surface area contributed by atoms with E-state index in [9.17, 15) is 9.59 Å².